The summed E-state index contributed by atoms with van der Waals surface area (Å²) in [5, 5.41) is 9.11. The summed E-state index contributed by atoms with van der Waals surface area (Å²) < 4.78 is 5.34. The monoisotopic (exact) mass is 261 g/mol. The van der Waals surface area contributed by atoms with Gasteiger partial charge in [-0.1, -0.05) is 0 Å². The lowest BCUT2D eigenvalue weighted by Gasteiger charge is -2.54. The van der Waals surface area contributed by atoms with Gasteiger partial charge < -0.3 is 9.52 Å². The summed E-state index contributed by atoms with van der Waals surface area (Å²) in [6, 6.07) is 0. The minimum atomic E-state index is -0.965. The number of hydrogen-bond acceptors (Lipinski definition) is 3. The summed E-state index contributed by atoms with van der Waals surface area (Å²) in [5.41, 5.74) is 0.119. The van der Waals surface area contributed by atoms with E-state index in [4.69, 9.17) is 9.52 Å². The van der Waals surface area contributed by atoms with Gasteiger partial charge in [-0.25, -0.2) is 9.78 Å². The maximum absolute atomic E-state index is 11.1. The molecule has 102 valence electrons. The number of hydrogen-bond donors (Lipinski definition) is 1. The molecule has 0 radical (unpaired) electrons. The molecular weight excluding hydrogens is 242 g/mol. The fourth-order valence-corrected chi connectivity index (χ4v) is 5.18. The molecule has 4 heteroatoms. The Morgan fingerprint density at radius 2 is 1.84 bits per heavy atom. The zero-order valence-electron chi connectivity index (χ0n) is 10.9. The highest BCUT2D eigenvalue weighted by Crippen LogP contribution is 2.57. The van der Waals surface area contributed by atoms with Crippen LogP contribution in [0.4, 0.5) is 0 Å². The van der Waals surface area contributed by atoms with E-state index < -0.39 is 5.97 Å². The van der Waals surface area contributed by atoms with Crippen molar-refractivity contribution in [3.63, 3.8) is 0 Å². The lowest BCUT2D eigenvalue weighted by molar-refractivity contribution is -0.0378. The zero-order valence-corrected chi connectivity index (χ0v) is 10.9. The number of oxazole rings is 1. The van der Waals surface area contributed by atoms with Gasteiger partial charge in [0.2, 0.25) is 0 Å². The van der Waals surface area contributed by atoms with Crippen LogP contribution in [-0.2, 0) is 6.42 Å². The van der Waals surface area contributed by atoms with Crippen molar-refractivity contribution in [2.75, 3.05) is 0 Å². The van der Waals surface area contributed by atoms with E-state index in [-0.39, 0.29) is 5.69 Å². The lowest BCUT2D eigenvalue weighted by atomic mass is 9.51. The summed E-state index contributed by atoms with van der Waals surface area (Å²) >= 11 is 0. The van der Waals surface area contributed by atoms with E-state index in [1.807, 2.05) is 0 Å². The molecule has 4 saturated carbocycles. The maximum atomic E-state index is 11.1. The highest BCUT2D eigenvalue weighted by Gasteiger charge is 2.48. The number of rotatable bonds is 3. The Morgan fingerprint density at radius 3 is 2.42 bits per heavy atom. The molecule has 4 nitrogen and oxygen atoms in total. The van der Waals surface area contributed by atoms with Crippen LogP contribution in [0.5, 0.6) is 0 Å². The quantitative estimate of drug-likeness (QED) is 0.908. The van der Waals surface area contributed by atoms with Crippen LogP contribution in [-0.4, -0.2) is 16.1 Å². The Balaban J connectivity index is 1.57. The molecule has 1 aromatic rings. The average Bonchev–Trinajstić information content (AvgIpc) is 2.81. The number of carboxylic acid groups (broad SMARTS) is 1. The number of aromatic nitrogens is 1. The molecule has 0 aromatic carbocycles. The van der Waals surface area contributed by atoms with E-state index in [0.717, 1.165) is 30.1 Å². The molecule has 0 amide bonds. The highest BCUT2D eigenvalue weighted by atomic mass is 16.4. The molecule has 1 heterocycles. The van der Waals surface area contributed by atoms with Crippen molar-refractivity contribution < 1.29 is 14.3 Å². The van der Waals surface area contributed by atoms with E-state index in [9.17, 15) is 4.79 Å². The first-order valence-corrected chi connectivity index (χ1v) is 7.36. The van der Waals surface area contributed by atoms with Crippen LogP contribution in [0.1, 0.15) is 48.4 Å². The normalized spacial score (nSPS) is 39.7. The molecule has 0 atom stereocenters. The van der Waals surface area contributed by atoms with Gasteiger partial charge in [0.1, 0.15) is 5.76 Å². The first-order chi connectivity index (χ1) is 9.20. The number of carboxylic acids is 1. The average molecular weight is 261 g/mol. The molecular formula is C15H19NO3. The summed E-state index contributed by atoms with van der Waals surface area (Å²) in [6.45, 7) is 0. The van der Waals surface area contributed by atoms with Crippen molar-refractivity contribution in [3.05, 3.63) is 17.8 Å². The molecule has 4 fully saturated rings. The minimum absolute atomic E-state index is 0.119. The van der Waals surface area contributed by atoms with E-state index in [0.29, 0.717) is 11.7 Å². The van der Waals surface area contributed by atoms with Crippen LogP contribution >= 0.6 is 0 Å². The Morgan fingerprint density at radius 1 is 1.21 bits per heavy atom. The van der Waals surface area contributed by atoms with Crippen LogP contribution in [0, 0.1) is 29.6 Å². The van der Waals surface area contributed by atoms with Gasteiger partial charge in [-0.3, -0.25) is 0 Å². The molecule has 0 aliphatic heterocycles. The topological polar surface area (TPSA) is 63.3 Å². The molecule has 1 aromatic heterocycles. The first kappa shape index (κ1) is 11.5. The summed E-state index contributed by atoms with van der Waals surface area (Å²) in [6.07, 6.45) is 8.92. The van der Waals surface area contributed by atoms with Gasteiger partial charge in [0, 0.05) is 6.42 Å². The van der Waals surface area contributed by atoms with E-state index in [1.54, 1.807) is 0 Å². The van der Waals surface area contributed by atoms with Crippen LogP contribution in [0.2, 0.25) is 0 Å². The van der Waals surface area contributed by atoms with Crippen molar-refractivity contribution in [2.45, 2.75) is 38.5 Å². The summed E-state index contributed by atoms with van der Waals surface area (Å²) in [7, 11) is 0. The fraction of sp³-hybridized carbons (Fsp3) is 0.733. The third-order valence-corrected chi connectivity index (χ3v) is 5.69. The second-order valence-electron chi connectivity index (χ2n) is 6.73. The van der Waals surface area contributed by atoms with Gasteiger partial charge >= 0.3 is 5.97 Å². The van der Waals surface area contributed by atoms with Crippen molar-refractivity contribution in [1.29, 1.82) is 0 Å². The Bertz CT molecular complexity index is 479. The van der Waals surface area contributed by atoms with Gasteiger partial charge in [-0.2, -0.15) is 0 Å². The number of carbonyl (C=O) groups is 1. The van der Waals surface area contributed by atoms with E-state index in [1.165, 1.54) is 38.5 Å². The first-order valence-electron chi connectivity index (χ1n) is 7.36. The molecule has 19 heavy (non-hydrogen) atoms. The Kier molecular flexibility index (Phi) is 2.47. The molecule has 4 aliphatic carbocycles. The highest BCUT2D eigenvalue weighted by molar-refractivity contribution is 5.86. The SMILES string of the molecule is O=C(O)c1ncoc1CC1C2CC3CC(C2)CC1C3. The van der Waals surface area contributed by atoms with E-state index >= 15 is 0 Å². The van der Waals surface area contributed by atoms with Crippen LogP contribution in [0.15, 0.2) is 10.8 Å². The van der Waals surface area contributed by atoms with Crippen molar-refractivity contribution in [1.82, 2.24) is 4.98 Å². The van der Waals surface area contributed by atoms with Crippen LogP contribution in [0.25, 0.3) is 0 Å². The molecule has 5 rings (SSSR count). The van der Waals surface area contributed by atoms with Gasteiger partial charge in [0.05, 0.1) is 0 Å². The second-order valence-corrected chi connectivity index (χ2v) is 6.73. The van der Waals surface area contributed by atoms with Gasteiger partial charge in [-0.05, 0) is 61.7 Å². The fourth-order valence-electron chi connectivity index (χ4n) is 5.18. The van der Waals surface area contributed by atoms with Crippen LogP contribution in [0.3, 0.4) is 0 Å². The molecule has 4 aliphatic rings. The largest absolute Gasteiger partial charge is 0.476 e. The summed E-state index contributed by atoms with van der Waals surface area (Å²) in [4.78, 5) is 14.9. The molecule has 0 spiro atoms. The Labute approximate surface area is 112 Å². The zero-order chi connectivity index (χ0) is 13.0. The predicted octanol–water partition coefficient (Wildman–Crippen LogP) is 2.99. The molecule has 1 N–H and O–H groups in total. The van der Waals surface area contributed by atoms with Gasteiger partial charge in [0.25, 0.3) is 0 Å². The predicted molar refractivity (Wildman–Crippen MR) is 67.7 cm³/mol. The number of aromatic carboxylic acids is 1. The molecule has 0 unspecified atom stereocenters. The van der Waals surface area contributed by atoms with Crippen LogP contribution < -0.4 is 0 Å². The minimum Gasteiger partial charge on any atom is -0.476 e. The Hall–Kier alpha value is -1.32. The lowest BCUT2D eigenvalue weighted by Crippen LogP contribution is -2.45. The standard InChI is InChI=1S/C15H19NO3/c17-15(18)14-13(19-7-16-14)6-12-10-2-8-1-9(4-10)5-11(12)3-8/h7-12H,1-6H2,(H,17,18). The van der Waals surface area contributed by atoms with Crippen molar-refractivity contribution >= 4 is 5.97 Å². The number of nitrogens with zero attached hydrogens (tertiary/aromatic N) is 1. The molecule has 4 bridgehead atoms. The van der Waals surface area contributed by atoms with Gasteiger partial charge in [0.15, 0.2) is 12.1 Å². The molecule has 0 saturated heterocycles. The van der Waals surface area contributed by atoms with Gasteiger partial charge in [-0.15, -0.1) is 0 Å². The third-order valence-electron chi connectivity index (χ3n) is 5.69. The summed E-state index contributed by atoms with van der Waals surface area (Å²) in [5.74, 6) is 3.74. The third kappa shape index (κ3) is 1.80. The van der Waals surface area contributed by atoms with E-state index in [2.05, 4.69) is 4.98 Å². The maximum Gasteiger partial charge on any atom is 0.358 e. The van der Waals surface area contributed by atoms with Crippen molar-refractivity contribution in [3.8, 4) is 0 Å². The smallest absolute Gasteiger partial charge is 0.358 e. The second kappa shape index (κ2) is 4.09. The van der Waals surface area contributed by atoms with Crippen molar-refractivity contribution in [2.24, 2.45) is 29.6 Å².